The van der Waals surface area contributed by atoms with Crippen LogP contribution in [-0.2, 0) is 11.3 Å². The fourth-order valence-electron chi connectivity index (χ4n) is 1.22. The van der Waals surface area contributed by atoms with Gasteiger partial charge < -0.3 is 4.74 Å². The zero-order chi connectivity index (χ0) is 9.64. The molecule has 0 saturated heterocycles. The third-order valence-corrected chi connectivity index (χ3v) is 1.92. The average molecular weight is 188 g/mol. The van der Waals surface area contributed by atoms with Crippen LogP contribution in [0.4, 0.5) is 0 Å². The average Bonchev–Trinajstić information content (AvgIpc) is 2.29. The lowest BCUT2D eigenvalue weighted by atomic mass is 10.2. The lowest BCUT2D eigenvalue weighted by molar-refractivity contribution is 0.116. The van der Waals surface area contributed by atoms with Crippen LogP contribution in [0.2, 0.25) is 0 Å². The van der Waals surface area contributed by atoms with E-state index in [0.29, 0.717) is 0 Å². The fraction of sp³-hybridized carbons (Fsp3) is 0.182. The summed E-state index contributed by atoms with van der Waals surface area (Å²) in [6, 6.07) is 10.2. The molecule has 72 valence electrons. The van der Waals surface area contributed by atoms with Crippen molar-refractivity contribution in [2.75, 3.05) is 0 Å². The summed E-state index contributed by atoms with van der Waals surface area (Å²) in [6.45, 7) is 0.761. The maximum atomic E-state index is 5.21. The van der Waals surface area contributed by atoms with E-state index in [-0.39, 0.29) is 6.35 Å². The second kappa shape index (κ2) is 4.58. The molecular weight excluding hydrogens is 176 g/mol. The lowest BCUT2D eigenvalue weighted by Crippen LogP contribution is -2.29. The van der Waals surface area contributed by atoms with Crippen molar-refractivity contribution in [1.29, 1.82) is 0 Å². The van der Waals surface area contributed by atoms with Crippen LogP contribution in [0.25, 0.3) is 0 Å². The number of hydrogen-bond acceptors (Lipinski definition) is 3. The van der Waals surface area contributed by atoms with Crippen molar-refractivity contribution in [3.8, 4) is 0 Å². The van der Waals surface area contributed by atoms with Crippen molar-refractivity contribution < 1.29 is 4.74 Å². The van der Waals surface area contributed by atoms with E-state index in [9.17, 15) is 0 Å². The molecule has 1 atom stereocenters. The molecular formula is C11H12N2O. The van der Waals surface area contributed by atoms with E-state index in [1.54, 1.807) is 18.6 Å². The molecule has 0 fully saturated rings. The summed E-state index contributed by atoms with van der Waals surface area (Å²) in [7, 11) is 0. The lowest BCUT2D eigenvalue weighted by Gasteiger charge is -2.15. The largest absolute Gasteiger partial charge is 0.463 e. The normalized spacial score (nSPS) is 19.3. The Labute approximate surface area is 83.1 Å². The first-order valence-corrected chi connectivity index (χ1v) is 4.56. The van der Waals surface area contributed by atoms with Crippen LogP contribution in [0.3, 0.4) is 0 Å². The van der Waals surface area contributed by atoms with Crippen molar-refractivity contribution in [3.63, 3.8) is 0 Å². The number of nitrogens with one attached hydrogen (secondary N) is 1. The zero-order valence-corrected chi connectivity index (χ0v) is 7.76. The van der Waals surface area contributed by atoms with Gasteiger partial charge in [0.1, 0.15) is 0 Å². The molecule has 0 bridgehead atoms. The monoisotopic (exact) mass is 188 g/mol. The first-order chi connectivity index (χ1) is 6.95. The van der Waals surface area contributed by atoms with E-state index in [2.05, 4.69) is 22.4 Å². The van der Waals surface area contributed by atoms with Crippen LogP contribution in [0.15, 0.2) is 47.7 Å². The predicted octanol–water partition coefficient (Wildman–Crippen LogP) is 1.67. The minimum Gasteiger partial charge on any atom is -0.463 e. The topological polar surface area (TPSA) is 33.6 Å². The number of rotatable bonds is 3. The van der Waals surface area contributed by atoms with E-state index in [0.717, 1.165) is 6.54 Å². The maximum Gasteiger partial charge on any atom is 0.246 e. The molecule has 3 heteroatoms. The number of nitrogens with zero attached hydrogens (tertiary/aromatic N) is 1. The van der Waals surface area contributed by atoms with Crippen molar-refractivity contribution >= 4 is 6.21 Å². The second-order valence-corrected chi connectivity index (χ2v) is 2.98. The van der Waals surface area contributed by atoms with Gasteiger partial charge in [0, 0.05) is 12.8 Å². The van der Waals surface area contributed by atoms with Gasteiger partial charge in [-0.2, -0.15) is 0 Å². The van der Waals surface area contributed by atoms with Crippen molar-refractivity contribution in [2.45, 2.75) is 12.9 Å². The fourth-order valence-corrected chi connectivity index (χ4v) is 1.22. The van der Waals surface area contributed by atoms with E-state index in [1.165, 1.54) is 5.56 Å². The minimum atomic E-state index is -0.250. The smallest absolute Gasteiger partial charge is 0.246 e. The minimum absolute atomic E-state index is 0.250. The summed E-state index contributed by atoms with van der Waals surface area (Å²) in [5.41, 5.74) is 1.22. The Hall–Kier alpha value is -1.61. The molecule has 1 N–H and O–H groups in total. The molecule has 1 heterocycles. The Kier molecular flexibility index (Phi) is 2.93. The van der Waals surface area contributed by atoms with Gasteiger partial charge in [-0.15, -0.1) is 0 Å². The van der Waals surface area contributed by atoms with E-state index in [4.69, 9.17) is 4.74 Å². The molecule has 2 rings (SSSR count). The van der Waals surface area contributed by atoms with Crippen LogP contribution in [0.5, 0.6) is 0 Å². The maximum absolute atomic E-state index is 5.21. The van der Waals surface area contributed by atoms with Crippen LogP contribution in [0.1, 0.15) is 5.56 Å². The Morgan fingerprint density at radius 1 is 1.29 bits per heavy atom. The molecule has 1 unspecified atom stereocenters. The number of aliphatic imine (C=N–C) groups is 1. The first kappa shape index (κ1) is 8.97. The molecule has 0 radical (unpaired) electrons. The third kappa shape index (κ3) is 2.44. The first-order valence-electron chi connectivity index (χ1n) is 4.56. The van der Waals surface area contributed by atoms with Gasteiger partial charge in [-0.25, -0.2) is 4.99 Å². The second-order valence-electron chi connectivity index (χ2n) is 2.98. The van der Waals surface area contributed by atoms with Gasteiger partial charge in [-0.1, -0.05) is 30.3 Å². The Bertz CT molecular complexity index is 332. The van der Waals surface area contributed by atoms with Gasteiger partial charge in [0.15, 0.2) is 0 Å². The van der Waals surface area contributed by atoms with Gasteiger partial charge in [0.2, 0.25) is 6.35 Å². The SMILES string of the molecule is C1=COC(NCc2ccccc2)N=C1. The summed E-state index contributed by atoms with van der Waals surface area (Å²) in [5, 5.41) is 3.17. The molecule has 14 heavy (non-hydrogen) atoms. The summed E-state index contributed by atoms with van der Waals surface area (Å²) in [5.74, 6) is 0. The molecule has 1 aromatic carbocycles. The van der Waals surface area contributed by atoms with Gasteiger partial charge in [0.05, 0.1) is 6.26 Å². The van der Waals surface area contributed by atoms with Crippen LogP contribution in [0, 0.1) is 0 Å². The van der Waals surface area contributed by atoms with Gasteiger partial charge >= 0.3 is 0 Å². The summed E-state index contributed by atoms with van der Waals surface area (Å²) in [6.07, 6.45) is 4.88. The summed E-state index contributed by atoms with van der Waals surface area (Å²) < 4.78 is 5.21. The van der Waals surface area contributed by atoms with Crippen molar-refractivity contribution in [2.24, 2.45) is 4.99 Å². The van der Waals surface area contributed by atoms with E-state index < -0.39 is 0 Å². The molecule has 0 aromatic heterocycles. The van der Waals surface area contributed by atoms with Gasteiger partial charge in [-0.3, -0.25) is 5.32 Å². The molecule has 1 aliphatic heterocycles. The van der Waals surface area contributed by atoms with Crippen LogP contribution >= 0.6 is 0 Å². The predicted molar refractivity (Wildman–Crippen MR) is 55.8 cm³/mol. The van der Waals surface area contributed by atoms with Crippen LogP contribution < -0.4 is 5.32 Å². The summed E-state index contributed by atoms with van der Waals surface area (Å²) in [4.78, 5) is 4.10. The number of benzene rings is 1. The molecule has 1 aliphatic rings. The third-order valence-electron chi connectivity index (χ3n) is 1.92. The van der Waals surface area contributed by atoms with Gasteiger partial charge in [-0.05, 0) is 11.6 Å². The van der Waals surface area contributed by atoms with E-state index in [1.807, 2.05) is 18.2 Å². The number of ether oxygens (including phenoxy) is 1. The quantitative estimate of drug-likeness (QED) is 0.782. The van der Waals surface area contributed by atoms with E-state index >= 15 is 0 Å². The Morgan fingerprint density at radius 2 is 2.14 bits per heavy atom. The summed E-state index contributed by atoms with van der Waals surface area (Å²) >= 11 is 0. The van der Waals surface area contributed by atoms with Gasteiger partial charge in [0.25, 0.3) is 0 Å². The highest BCUT2D eigenvalue weighted by Gasteiger charge is 2.04. The number of hydrogen-bond donors (Lipinski definition) is 1. The highest BCUT2D eigenvalue weighted by molar-refractivity contribution is 5.71. The highest BCUT2D eigenvalue weighted by Crippen LogP contribution is 2.01. The zero-order valence-electron chi connectivity index (χ0n) is 7.76. The van der Waals surface area contributed by atoms with Crippen LogP contribution in [-0.4, -0.2) is 12.6 Å². The number of allylic oxidation sites excluding steroid dienone is 1. The molecule has 0 saturated carbocycles. The Balaban J connectivity index is 1.83. The van der Waals surface area contributed by atoms with Crippen molar-refractivity contribution in [3.05, 3.63) is 48.2 Å². The highest BCUT2D eigenvalue weighted by atomic mass is 16.5. The molecule has 0 spiro atoms. The standard InChI is InChI=1S/C11H12N2O/c1-2-5-10(6-3-1)9-13-11-12-7-4-8-14-11/h1-8,11,13H,9H2. The molecule has 3 nitrogen and oxygen atoms in total. The Morgan fingerprint density at radius 3 is 2.86 bits per heavy atom. The molecule has 0 amide bonds. The molecule has 1 aromatic rings. The van der Waals surface area contributed by atoms with Crippen molar-refractivity contribution in [1.82, 2.24) is 5.32 Å². The molecule has 0 aliphatic carbocycles.